The second-order valence-electron chi connectivity index (χ2n) is 4.05. The lowest BCUT2D eigenvalue weighted by Crippen LogP contribution is -2.09. The van der Waals surface area contributed by atoms with E-state index in [-0.39, 0.29) is 0 Å². The van der Waals surface area contributed by atoms with E-state index < -0.39 is 0 Å². The number of nitrogens with one attached hydrogen (secondary N) is 1. The van der Waals surface area contributed by atoms with Crippen LogP contribution in [0.2, 0.25) is 0 Å². The van der Waals surface area contributed by atoms with Crippen LogP contribution < -0.4 is 5.32 Å². The first-order valence-corrected chi connectivity index (χ1v) is 6.05. The highest BCUT2D eigenvalue weighted by atomic mass is 16.5. The summed E-state index contributed by atoms with van der Waals surface area (Å²) < 4.78 is 4.91. The highest BCUT2D eigenvalue weighted by Gasteiger charge is 2.03. The van der Waals surface area contributed by atoms with Crippen molar-refractivity contribution in [2.75, 3.05) is 11.9 Å². The van der Waals surface area contributed by atoms with E-state index in [1.165, 1.54) is 0 Å². The van der Waals surface area contributed by atoms with Crippen molar-refractivity contribution < 1.29 is 4.52 Å². The van der Waals surface area contributed by atoms with Crippen LogP contribution in [0.3, 0.4) is 0 Å². The molecule has 0 aromatic carbocycles. The van der Waals surface area contributed by atoms with E-state index in [0.717, 1.165) is 30.3 Å². The van der Waals surface area contributed by atoms with Gasteiger partial charge in [-0.15, -0.1) is 0 Å². The van der Waals surface area contributed by atoms with Gasteiger partial charge < -0.3 is 9.84 Å². The minimum absolute atomic E-state index is 0.594. The predicted molar refractivity (Wildman–Crippen MR) is 67.4 cm³/mol. The number of nitrogens with zero attached hydrogens (tertiary/aromatic N) is 4. The highest BCUT2D eigenvalue weighted by Crippen LogP contribution is 2.07. The molecule has 0 aliphatic rings. The van der Waals surface area contributed by atoms with Crippen LogP contribution >= 0.6 is 0 Å². The molecule has 2 heterocycles. The van der Waals surface area contributed by atoms with Crippen LogP contribution in [0.25, 0.3) is 0 Å². The molecule has 96 valence electrons. The lowest BCUT2D eigenvalue weighted by Gasteiger charge is -2.06. The molecular formula is C12H17N5O. The molecule has 0 aliphatic heterocycles. The van der Waals surface area contributed by atoms with Crippen molar-refractivity contribution in [1.29, 1.82) is 0 Å². The summed E-state index contributed by atoms with van der Waals surface area (Å²) in [6.45, 7) is 6.48. The van der Waals surface area contributed by atoms with Crippen LogP contribution in [0, 0.1) is 13.8 Å². The fraction of sp³-hybridized carbons (Fsp3) is 0.500. The molecular weight excluding hydrogens is 230 g/mol. The first-order valence-electron chi connectivity index (χ1n) is 6.05. The highest BCUT2D eigenvalue weighted by molar-refractivity contribution is 5.36. The average Bonchev–Trinajstić information content (AvgIpc) is 2.74. The Morgan fingerprint density at radius 2 is 2.06 bits per heavy atom. The van der Waals surface area contributed by atoms with Crippen LogP contribution in [-0.2, 0) is 12.8 Å². The van der Waals surface area contributed by atoms with Crippen molar-refractivity contribution >= 4 is 5.82 Å². The van der Waals surface area contributed by atoms with E-state index in [0.29, 0.717) is 18.1 Å². The zero-order valence-corrected chi connectivity index (χ0v) is 10.9. The van der Waals surface area contributed by atoms with Crippen LogP contribution in [0.5, 0.6) is 0 Å². The Hall–Kier alpha value is -1.98. The van der Waals surface area contributed by atoms with Gasteiger partial charge in [0.2, 0.25) is 5.89 Å². The average molecular weight is 247 g/mol. The number of rotatable bonds is 5. The van der Waals surface area contributed by atoms with Gasteiger partial charge in [0.25, 0.3) is 0 Å². The van der Waals surface area contributed by atoms with Gasteiger partial charge in [-0.1, -0.05) is 12.1 Å². The maximum absolute atomic E-state index is 4.91. The molecule has 6 heteroatoms. The van der Waals surface area contributed by atoms with Crippen molar-refractivity contribution in [2.45, 2.75) is 33.6 Å². The summed E-state index contributed by atoms with van der Waals surface area (Å²) in [5.74, 6) is 2.93. The maximum Gasteiger partial charge on any atom is 0.223 e. The van der Waals surface area contributed by atoms with Crippen molar-refractivity contribution in [1.82, 2.24) is 20.1 Å². The molecule has 18 heavy (non-hydrogen) atoms. The smallest absolute Gasteiger partial charge is 0.223 e. The molecule has 1 N–H and O–H groups in total. The second-order valence-corrected chi connectivity index (χ2v) is 4.05. The zero-order chi connectivity index (χ0) is 13.0. The van der Waals surface area contributed by atoms with Gasteiger partial charge in [0.1, 0.15) is 11.6 Å². The van der Waals surface area contributed by atoms with Gasteiger partial charge in [-0.05, 0) is 13.3 Å². The molecule has 0 spiro atoms. The Kier molecular flexibility index (Phi) is 3.86. The predicted octanol–water partition coefficient (Wildman–Crippen LogP) is 1.69. The molecule has 2 rings (SSSR count). The van der Waals surface area contributed by atoms with Crippen molar-refractivity contribution in [2.24, 2.45) is 0 Å². The molecule has 0 saturated carbocycles. The third-order valence-electron chi connectivity index (χ3n) is 2.48. The van der Waals surface area contributed by atoms with E-state index in [9.17, 15) is 0 Å². The van der Waals surface area contributed by atoms with Gasteiger partial charge in [0, 0.05) is 31.6 Å². The minimum atomic E-state index is 0.594. The summed E-state index contributed by atoms with van der Waals surface area (Å²) in [4.78, 5) is 12.8. The molecule has 0 bridgehead atoms. The summed E-state index contributed by atoms with van der Waals surface area (Å²) in [6, 6.07) is 1.97. The van der Waals surface area contributed by atoms with Gasteiger partial charge in [0.15, 0.2) is 5.82 Å². The molecule has 0 fully saturated rings. The standard InChI is InChI=1S/C12H17N5O/c1-4-10-7-12(15-8(2)14-10)13-6-5-11-16-9(3)18-17-11/h7H,4-6H2,1-3H3,(H,13,14,15). The minimum Gasteiger partial charge on any atom is -0.370 e. The number of hydrogen-bond acceptors (Lipinski definition) is 6. The van der Waals surface area contributed by atoms with Crippen LogP contribution in [-0.4, -0.2) is 26.7 Å². The summed E-state index contributed by atoms with van der Waals surface area (Å²) in [7, 11) is 0. The molecule has 0 atom stereocenters. The zero-order valence-electron chi connectivity index (χ0n) is 10.9. The van der Waals surface area contributed by atoms with Gasteiger partial charge in [-0.25, -0.2) is 9.97 Å². The summed E-state index contributed by atoms with van der Waals surface area (Å²) >= 11 is 0. The topological polar surface area (TPSA) is 76.7 Å². The van der Waals surface area contributed by atoms with Gasteiger partial charge in [-0.2, -0.15) is 4.98 Å². The van der Waals surface area contributed by atoms with Gasteiger partial charge in [-0.3, -0.25) is 0 Å². The van der Waals surface area contributed by atoms with Gasteiger partial charge >= 0.3 is 0 Å². The van der Waals surface area contributed by atoms with Crippen molar-refractivity contribution in [3.63, 3.8) is 0 Å². The molecule has 2 aromatic heterocycles. The fourth-order valence-corrected chi connectivity index (χ4v) is 1.65. The molecule has 0 unspecified atom stereocenters. The van der Waals surface area contributed by atoms with Crippen molar-refractivity contribution in [3.05, 3.63) is 29.3 Å². The first-order chi connectivity index (χ1) is 8.67. The van der Waals surface area contributed by atoms with E-state index in [1.807, 2.05) is 13.0 Å². The molecule has 0 amide bonds. The summed E-state index contributed by atoms with van der Waals surface area (Å²) in [5.41, 5.74) is 1.04. The molecule has 0 radical (unpaired) electrons. The number of anilines is 1. The lowest BCUT2D eigenvalue weighted by atomic mass is 10.3. The Labute approximate surface area is 106 Å². The second kappa shape index (κ2) is 5.57. The number of aromatic nitrogens is 4. The Bertz CT molecular complexity index is 523. The Morgan fingerprint density at radius 3 is 2.72 bits per heavy atom. The van der Waals surface area contributed by atoms with E-state index in [1.54, 1.807) is 6.92 Å². The molecule has 0 saturated heterocycles. The summed E-state index contributed by atoms with van der Waals surface area (Å²) in [5, 5.41) is 7.08. The monoisotopic (exact) mass is 247 g/mol. The third-order valence-corrected chi connectivity index (χ3v) is 2.48. The van der Waals surface area contributed by atoms with E-state index >= 15 is 0 Å². The van der Waals surface area contributed by atoms with Crippen LogP contribution in [0.15, 0.2) is 10.6 Å². The van der Waals surface area contributed by atoms with Gasteiger partial charge in [0.05, 0.1) is 0 Å². The van der Waals surface area contributed by atoms with Crippen molar-refractivity contribution in [3.8, 4) is 0 Å². The molecule has 0 aliphatic carbocycles. The Balaban J connectivity index is 1.91. The molecule has 6 nitrogen and oxygen atoms in total. The quantitative estimate of drug-likeness (QED) is 0.866. The molecule has 2 aromatic rings. The number of hydrogen-bond donors (Lipinski definition) is 1. The first kappa shape index (κ1) is 12.5. The fourth-order valence-electron chi connectivity index (χ4n) is 1.65. The normalized spacial score (nSPS) is 10.6. The summed E-state index contributed by atoms with van der Waals surface area (Å²) in [6.07, 6.45) is 1.62. The largest absolute Gasteiger partial charge is 0.370 e. The maximum atomic E-state index is 4.91. The lowest BCUT2D eigenvalue weighted by molar-refractivity contribution is 0.387. The van der Waals surface area contributed by atoms with Crippen LogP contribution in [0.4, 0.5) is 5.82 Å². The van der Waals surface area contributed by atoms with Crippen LogP contribution in [0.1, 0.15) is 30.2 Å². The van der Waals surface area contributed by atoms with E-state index in [2.05, 4.69) is 32.3 Å². The third kappa shape index (κ3) is 3.26. The SMILES string of the molecule is CCc1cc(NCCc2noc(C)n2)nc(C)n1. The Morgan fingerprint density at radius 1 is 1.22 bits per heavy atom. The van der Waals surface area contributed by atoms with E-state index in [4.69, 9.17) is 4.52 Å². The number of aryl methyl sites for hydroxylation is 3.